The summed E-state index contributed by atoms with van der Waals surface area (Å²) in [6.45, 7) is 1.40. The number of nitrogens with zero attached hydrogens (tertiary/aromatic N) is 1. The Morgan fingerprint density at radius 1 is 1.09 bits per heavy atom. The van der Waals surface area contributed by atoms with Gasteiger partial charge in [-0.25, -0.2) is 4.98 Å². The number of carbonyl (C=O) groups is 2. The minimum atomic E-state index is -0.447. The van der Waals surface area contributed by atoms with Crippen LogP contribution in [0.3, 0.4) is 0 Å². The van der Waals surface area contributed by atoms with Gasteiger partial charge in [0.15, 0.2) is 0 Å². The first-order chi connectivity index (χ1) is 10.9. The summed E-state index contributed by atoms with van der Waals surface area (Å²) < 4.78 is 0. The molecule has 23 heavy (non-hydrogen) atoms. The summed E-state index contributed by atoms with van der Waals surface area (Å²) >= 11 is 11.6. The summed E-state index contributed by atoms with van der Waals surface area (Å²) in [6.07, 6.45) is 1.52. The van der Waals surface area contributed by atoms with Gasteiger partial charge in [0.1, 0.15) is 5.82 Å². The molecular weight excluding hydrogens is 337 g/mol. The van der Waals surface area contributed by atoms with Crippen LogP contribution in [0.4, 0.5) is 5.82 Å². The van der Waals surface area contributed by atoms with Gasteiger partial charge >= 0.3 is 0 Å². The van der Waals surface area contributed by atoms with Crippen LogP contribution in [0.2, 0.25) is 10.0 Å². The SMILES string of the molecule is CC(=O)NC(CC(=O)Nc1ccc(Cl)cn1)c1ccc(Cl)cc1. The van der Waals surface area contributed by atoms with E-state index in [9.17, 15) is 9.59 Å². The highest BCUT2D eigenvalue weighted by atomic mass is 35.5. The van der Waals surface area contributed by atoms with E-state index in [1.807, 2.05) is 0 Å². The zero-order chi connectivity index (χ0) is 16.8. The van der Waals surface area contributed by atoms with Crippen LogP contribution in [-0.2, 0) is 9.59 Å². The number of hydrogen-bond acceptors (Lipinski definition) is 3. The van der Waals surface area contributed by atoms with Crippen molar-refractivity contribution in [3.8, 4) is 0 Å². The lowest BCUT2D eigenvalue weighted by Gasteiger charge is -2.18. The standard InChI is InChI=1S/C16H15Cl2N3O2/c1-10(22)20-14(11-2-4-12(17)5-3-11)8-16(23)21-15-7-6-13(18)9-19-15/h2-7,9,14H,8H2,1H3,(H,20,22)(H,19,21,23). The van der Waals surface area contributed by atoms with E-state index in [1.165, 1.54) is 13.1 Å². The minimum absolute atomic E-state index is 0.0749. The van der Waals surface area contributed by atoms with Crippen LogP contribution in [0.25, 0.3) is 0 Å². The molecule has 120 valence electrons. The molecule has 0 aliphatic rings. The number of carbonyl (C=O) groups excluding carboxylic acids is 2. The van der Waals surface area contributed by atoms with Crippen molar-refractivity contribution in [1.82, 2.24) is 10.3 Å². The Morgan fingerprint density at radius 2 is 1.74 bits per heavy atom. The number of amides is 2. The molecule has 1 unspecified atom stereocenters. The molecule has 1 heterocycles. The summed E-state index contributed by atoms with van der Waals surface area (Å²) in [4.78, 5) is 27.5. The highest BCUT2D eigenvalue weighted by Gasteiger charge is 2.17. The van der Waals surface area contributed by atoms with Crippen LogP contribution in [0.1, 0.15) is 24.9 Å². The first-order valence-corrected chi connectivity index (χ1v) is 7.63. The molecule has 2 N–H and O–H groups in total. The lowest BCUT2D eigenvalue weighted by molar-refractivity contribution is -0.120. The number of anilines is 1. The molecule has 0 saturated heterocycles. The highest BCUT2D eigenvalue weighted by molar-refractivity contribution is 6.30. The van der Waals surface area contributed by atoms with E-state index in [2.05, 4.69) is 15.6 Å². The van der Waals surface area contributed by atoms with Crippen molar-refractivity contribution in [2.24, 2.45) is 0 Å². The molecule has 0 aliphatic heterocycles. The minimum Gasteiger partial charge on any atom is -0.349 e. The molecular formula is C16H15Cl2N3O2. The smallest absolute Gasteiger partial charge is 0.227 e. The van der Waals surface area contributed by atoms with Crippen LogP contribution < -0.4 is 10.6 Å². The van der Waals surface area contributed by atoms with E-state index < -0.39 is 6.04 Å². The quantitative estimate of drug-likeness (QED) is 0.864. The predicted octanol–water partition coefficient (Wildman–Crippen LogP) is 3.59. The molecule has 0 saturated carbocycles. The van der Waals surface area contributed by atoms with Crippen molar-refractivity contribution in [1.29, 1.82) is 0 Å². The molecule has 0 fully saturated rings. The van der Waals surface area contributed by atoms with Gasteiger partial charge in [-0.3, -0.25) is 9.59 Å². The summed E-state index contributed by atoms with van der Waals surface area (Å²) in [5.41, 5.74) is 0.795. The monoisotopic (exact) mass is 351 g/mol. The van der Waals surface area contributed by atoms with Crippen LogP contribution in [-0.4, -0.2) is 16.8 Å². The van der Waals surface area contributed by atoms with Crippen molar-refractivity contribution in [3.63, 3.8) is 0 Å². The van der Waals surface area contributed by atoms with Crippen LogP contribution in [0.15, 0.2) is 42.6 Å². The maximum atomic E-state index is 12.2. The Bertz CT molecular complexity index is 687. The van der Waals surface area contributed by atoms with Gasteiger partial charge in [0.25, 0.3) is 0 Å². The molecule has 2 rings (SSSR count). The Balaban J connectivity index is 2.07. The number of pyridine rings is 1. The number of benzene rings is 1. The Kier molecular flexibility index (Phi) is 5.96. The Labute approximate surface area is 144 Å². The molecule has 2 aromatic rings. The number of halogens is 2. The largest absolute Gasteiger partial charge is 0.349 e. The molecule has 2 amide bonds. The maximum Gasteiger partial charge on any atom is 0.227 e. The van der Waals surface area contributed by atoms with E-state index >= 15 is 0 Å². The number of aromatic nitrogens is 1. The normalized spacial score (nSPS) is 11.6. The maximum absolute atomic E-state index is 12.2. The first-order valence-electron chi connectivity index (χ1n) is 6.88. The second-order valence-electron chi connectivity index (χ2n) is 4.92. The van der Waals surface area contributed by atoms with Gasteiger partial charge in [-0.1, -0.05) is 35.3 Å². The third-order valence-electron chi connectivity index (χ3n) is 3.03. The first kappa shape index (κ1) is 17.2. The van der Waals surface area contributed by atoms with E-state index in [1.54, 1.807) is 36.4 Å². The molecule has 0 radical (unpaired) electrons. The molecule has 1 aromatic carbocycles. The Morgan fingerprint density at radius 3 is 2.30 bits per heavy atom. The zero-order valence-electron chi connectivity index (χ0n) is 12.3. The summed E-state index contributed by atoms with van der Waals surface area (Å²) in [5.74, 6) is -0.0898. The number of nitrogens with one attached hydrogen (secondary N) is 2. The third-order valence-corrected chi connectivity index (χ3v) is 3.51. The Hall–Kier alpha value is -2.11. The second kappa shape index (κ2) is 7.94. The van der Waals surface area contributed by atoms with E-state index in [0.29, 0.717) is 15.9 Å². The fraction of sp³-hybridized carbons (Fsp3) is 0.188. The predicted molar refractivity (Wildman–Crippen MR) is 90.5 cm³/mol. The van der Waals surface area contributed by atoms with Crippen LogP contribution >= 0.6 is 23.2 Å². The lowest BCUT2D eigenvalue weighted by atomic mass is 10.0. The number of hydrogen-bond donors (Lipinski definition) is 2. The van der Waals surface area contributed by atoms with Gasteiger partial charge in [0.05, 0.1) is 17.5 Å². The van der Waals surface area contributed by atoms with Crippen molar-refractivity contribution in [2.45, 2.75) is 19.4 Å². The van der Waals surface area contributed by atoms with Crippen molar-refractivity contribution in [2.75, 3.05) is 5.32 Å². The topological polar surface area (TPSA) is 71.1 Å². The fourth-order valence-electron chi connectivity index (χ4n) is 2.02. The second-order valence-corrected chi connectivity index (χ2v) is 5.79. The summed E-state index contributed by atoms with van der Waals surface area (Å²) in [7, 11) is 0. The summed E-state index contributed by atoms with van der Waals surface area (Å²) in [6, 6.07) is 9.77. The average molecular weight is 352 g/mol. The van der Waals surface area contributed by atoms with E-state index in [0.717, 1.165) is 5.56 Å². The van der Waals surface area contributed by atoms with Gasteiger partial charge < -0.3 is 10.6 Å². The van der Waals surface area contributed by atoms with Gasteiger partial charge in [0.2, 0.25) is 11.8 Å². The highest BCUT2D eigenvalue weighted by Crippen LogP contribution is 2.20. The van der Waals surface area contributed by atoms with Gasteiger partial charge in [0, 0.05) is 18.1 Å². The van der Waals surface area contributed by atoms with Crippen LogP contribution in [0, 0.1) is 0 Å². The van der Waals surface area contributed by atoms with E-state index in [-0.39, 0.29) is 18.2 Å². The van der Waals surface area contributed by atoms with E-state index in [4.69, 9.17) is 23.2 Å². The third kappa shape index (κ3) is 5.54. The zero-order valence-corrected chi connectivity index (χ0v) is 13.9. The number of rotatable bonds is 5. The molecule has 0 aliphatic carbocycles. The van der Waals surface area contributed by atoms with Crippen molar-refractivity contribution >= 4 is 40.8 Å². The molecule has 7 heteroatoms. The molecule has 0 bridgehead atoms. The van der Waals surface area contributed by atoms with Crippen LogP contribution in [0.5, 0.6) is 0 Å². The molecule has 0 spiro atoms. The average Bonchev–Trinajstić information content (AvgIpc) is 2.49. The molecule has 5 nitrogen and oxygen atoms in total. The van der Waals surface area contributed by atoms with Gasteiger partial charge in [-0.2, -0.15) is 0 Å². The summed E-state index contributed by atoms with van der Waals surface area (Å²) in [5, 5.41) is 6.50. The van der Waals surface area contributed by atoms with Gasteiger partial charge in [-0.15, -0.1) is 0 Å². The van der Waals surface area contributed by atoms with Gasteiger partial charge in [-0.05, 0) is 29.8 Å². The molecule has 1 atom stereocenters. The van der Waals surface area contributed by atoms with Crippen molar-refractivity contribution < 1.29 is 9.59 Å². The van der Waals surface area contributed by atoms with Crippen molar-refractivity contribution in [3.05, 3.63) is 58.2 Å². The lowest BCUT2D eigenvalue weighted by Crippen LogP contribution is -2.29. The fourth-order valence-corrected chi connectivity index (χ4v) is 2.26. The molecule has 1 aromatic heterocycles.